The Labute approximate surface area is 217 Å². The fraction of sp³-hybridized carbons (Fsp3) is 0.241. The van der Waals surface area contributed by atoms with Crippen LogP contribution in [0, 0.1) is 17.7 Å². The predicted octanol–water partition coefficient (Wildman–Crippen LogP) is 5.30. The molecule has 3 aromatic rings. The van der Waals surface area contributed by atoms with Gasteiger partial charge in [-0.1, -0.05) is 74.0 Å². The van der Waals surface area contributed by atoms with E-state index in [9.17, 15) is 23.6 Å². The lowest BCUT2D eigenvalue weighted by Crippen LogP contribution is -2.51. The minimum absolute atomic E-state index is 0.0651. The molecule has 8 heteroatoms. The lowest BCUT2D eigenvalue weighted by Gasteiger charge is -2.27. The maximum Gasteiger partial charge on any atom is 0.241 e. The molecule has 1 spiro atoms. The summed E-state index contributed by atoms with van der Waals surface area (Å²) in [5.41, 5.74) is -0.148. The quantitative estimate of drug-likeness (QED) is 0.348. The number of halogens is 2. The zero-order chi connectivity index (χ0) is 26.2. The molecule has 2 saturated heterocycles. The van der Waals surface area contributed by atoms with Gasteiger partial charge in [0.2, 0.25) is 29.0 Å². The Bertz CT molecular complexity index is 1480. The molecule has 6 nitrogen and oxygen atoms in total. The van der Waals surface area contributed by atoms with Crippen LogP contribution >= 0.6 is 11.6 Å². The van der Waals surface area contributed by atoms with Crippen LogP contribution in [-0.4, -0.2) is 29.0 Å². The molecular weight excluding hydrogens is 497 g/mol. The van der Waals surface area contributed by atoms with Crippen LogP contribution < -0.4 is 4.90 Å². The summed E-state index contributed by atoms with van der Waals surface area (Å²) in [6, 6.07) is 17.2. The van der Waals surface area contributed by atoms with Crippen LogP contribution in [0.15, 0.2) is 66.7 Å². The van der Waals surface area contributed by atoms with E-state index in [2.05, 4.69) is 0 Å². The van der Waals surface area contributed by atoms with Crippen molar-refractivity contribution in [1.82, 2.24) is 0 Å². The van der Waals surface area contributed by atoms with Crippen LogP contribution in [0.5, 0.6) is 0 Å². The van der Waals surface area contributed by atoms with Crippen molar-refractivity contribution in [3.05, 3.63) is 99.8 Å². The number of ether oxygens (including phenoxy) is 1. The summed E-state index contributed by atoms with van der Waals surface area (Å²) < 4.78 is 20.1. The SMILES string of the molecule is CC(C)c1ccc([C@H]2OC3(C(=O)c4ccccc4C3=O)[C@H]3C(=O)N(c4ccc(F)c(Cl)c4)C(=O)[C@@H]23)cc1. The maximum atomic E-state index is 13.9. The summed E-state index contributed by atoms with van der Waals surface area (Å²) in [5, 5.41) is -0.262. The third-order valence-electron chi connectivity index (χ3n) is 7.61. The molecule has 3 aromatic carbocycles. The standard InChI is InChI=1S/C29H21ClFNO5/c1-14(2)15-7-9-16(10-8-15)24-22-23(28(36)32(27(22)35)17-11-12-21(31)20(30)13-17)29(37-24)25(33)18-5-3-4-6-19(18)26(29)34/h3-14,22-24H,1-2H3/t22-,23-,24-/m1/s1. The van der Waals surface area contributed by atoms with E-state index in [-0.39, 0.29) is 27.8 Å². The molecule has 0 saturated carbocycles. The van der Waals surface area contributed by atoms with E-state index in [1.54, 1.807) is 24.3 Å². The molecule has 0 unspecified atom stereocenters. The first kappa shape index (κ1) is 23.7. The molecule has 0 bridgehead atoms. The number of amides is 2. The van der Waals surface area contributed by atoms with Gasteiger partial charge < -0.3 is 4.74 Å². The highest BCUT2D eigenvalue weighted by Gasteiger charge is 2.74. The van der Waals surface area contributed by atoms with Crippen molar-refractivity contribution in [1.29, 1.82) is 0 Å². The Morgan fingerprint density at radius 1 is 0.892 bits per heavy atom. The van der Waals surface area contributed by atoms with Gasteiger partial charge in [-0.25, -0.2) is 9.29 Å². The van der Waals surface area contributed by atoms with Gasteiger partial charge in [0.1, 0.15) is 5.82 Å². The molecule has 0 N–H and O–H groups in total. The molecule has 3 atom stereocenters. The fourth-order valence-corrected chi connectivity index (χ4v) is 5.94. The maximum absolute atomic E-state index is 13.9. The van der Waals surface area contributed by atoms with Crippen molar-refractivity contribution in [2.75, 3.05) is 4.90 Å². The Kier molecular flexibility index (Phi) is 5.23. The number of fused-ring (bicyclic) bond motifs is 3. The molecule has 2 fully saturated rings. The van der Waals surface area contributed by atoms with Crippen LogP contribution in [0.1, 0.15) is 57.7 Å². The van der Waals surface area contributed by atoms with Gasteiger partial charge in [0.25, 0.3) is 0 Å². The van der Waals surface area contributed by atoms with Gasteiger partial charge in [0.05, 0.1) is 28.6 Å². The summed E-state index contributed by atoms with van der Waals surface area (Å²) in [4.78, 5) is 56.2. The van der Waals surface area contributed by atoms with Crippen LogP contribution in [0.2, 0.25) is 5.02 Å². The highest BCUT2D eigenvalue weighted by molar-refractivity contribution is 6.37. The Morgan fingerprint density at radius 2 is 1.51 bits per heavy atom. The van der Waals surface area contributed by atoms with Crippen molar-refractivity contribution >= 4 is 40.7 Å². The molecule has 3 aliphatic rings. The van der Waals surface area contributed by atoms with Gasteiger partial charge in [-0.3, -0.25) is 19.2 Å². The van der Waals surface area contributed by atoms with Gasteiger partial charge in [0.15, 0.2) is 0 Å². The number of carbonyl (C=O) groups is 4. The number of nitrogens with zero attached hydrogens (tertiary/aromatic N) is 1. The monoisotopic (exact) mass is 517 g/mol. The van der Waals surface area contributed by atoms with E-state index < -0.39 is 52.7 Å². The fourth-order valence-electron chi connectivity index (χ4n) is 5.77. The van der Waals surface area contributed by atoms with Crippen LogP contribution in [0.4, 0.5) is 10.1 Å². The Morgan fingerprint density at radius 3 is 2.08 bits per heavy atom. The van der Waals surface area contributed by atoms with Gasteiger partial charge in [-0.2, -0.15) is 0 Å². The first-order chi connectivity index (χ1) is 17.7. The van der Waals surface area contributed by atoms with Gasteiger partial charge >= 0.3 is 0 Å². The number of anilines is 1. The normalized spacial score (nSPS) is 23.9. The lowest BCUT2D eigenvalue weighted by atomic mass is 9.77. The number of Topliss-reactive ketones (excluding diaryl/α,β-unsaturated/α-hetero) is 2. The van der Waals surface area contributed by atoms with Crippen molar-refractivity contribution in [2.24, 2.45) is 11.8 Å². The summed E-state index contributed by atoms with van der Waals surface area (Å²) in [6.07, 6.45) is -1.02. The molecule has 186 valence electrons. The molecular formula is C29H21ClFNO5. The Hall–Kier alpha value is -3.68. The number of imide groups is 1. The lowest BCUT2D eigenvalue weighted by molar-refractivity contribution is -0.127. The molecule has 2 heterocycles. The minimum Gasteiger partial charge on any atom is -0.349 e. The van der Waals surface area contributed by atoms with Crippen molar-refractivity contribution in [3.8, 4) is 0 Å². The third-order valence-corrected chi connectivity index (χ3v) is 7.90. The van der Waals surface area contributed by atoms with Gasteiger partial charge in [0, 0.05) is 11.1 Å². The summed E-state index contributed by atoms with van der Waals surface area (Å²) in [5.74, 6) is -5.62. The second-order valence-corrected chi connectivity index (χ2v) is 10.3. The third kappa shape index (κ3) is 3.14. The topological polar surface area (TPSA) is 80.8 Å². The smallest absolute Gasteiger partial charge is 0.241 e. The van der Waals surface area contributed by atoms with Crippen molar-refractivity contribution in [2.45, 2.75) is 31.5 Å². The number of hydrogen-bond donors (Lipinski definition) is 0. The van der Waals surface area contributed by atoms with Crippen LogP contribution in [0.3, 0.4) is 0 Å². The number of ketones is 2. The van der Waals surface area contributed by atoms with Crippen LogP contribution in [-0.2, 0) is 14.3 Å². The summed E-state index contributed by atoms with van der Waals surface area (Å²) >= 11 is 5.94. The second-order valence-electron chi connectivity index (χ2n) is 9.91. The number of carbonyl (C=O) groups excluding carboxylic acids is 4. The molecule has 1 aliphatic carbocycles. The highest BCUT2D eigenvalue weighted by Crippen LogP contribution is 2.57. The molecule has 6 rings (SSSR count). The van der Waals surface area contributed by atoms with E-state index in [0.29, 0.717) is 5.56 Å². The molecule has 2 amide bonds. The van der Waals surface area contributed by atoms with E-state index >= 15 is 0 Å². The van der Waals surface area contributed by atoms with E-state index in [0.717, 1.165) is 16.5 Å². The minimum atomic E-state index is -2.17. The molecule has 0 aromatic heterocycles. The van der Waals surface area contributed by atoms with Crippen molar-refractivity contribution < 1.29 is 28.3 Å². The average Bonchev–Trinajstić information content (AvgIpc) is 3.46. The van der Waals surface area contributed by atoms with E-state index in [1.807, 2.05) is 26.0 Å². The zero-order valence-corrected chi connectivity index (χ0v) is 20.7. The van der Waals surface area contributed by atoms with Crippen molar-refractivity contribution in [3.63, 3.8) is 0 Å². The number of rotatable bonds is 3. The van der Waals surface area contributed by atoms with Crippen LogP contribution in [0.25, 0.3) is 0 Å². The van der Waals surface area contributed by atoms with Gasteiger partial charge in [-0.05, 0) is 35.2 Å². The largest absolute Gasteiger partial charge is 0.349 e. The second kappa shape index (κ2) is 8.16. The highest BCUT2D eigenvalue weighted by atomic mass is 35.5. The summed E-state index contributed by atoms with van der Waals surface area (Å²) in [6.45, 7) is 4.09. The van der Waals surface area contributed by atoms with Gasteiger partial charge in [-0.15, -0.1) is 0 Å². The van der Waals surface area contributed by atoms with E-state index in [4.69, 9.17) is 16.3 Å². The average molecular weight is 518 g/mol. The first-order valence-electron chi connectivity index (χ1n) is 12.0. The molecule has 37 heavy (non-hydrogen) atoms. The Balaban J connectivity index is 1.52. The zero-order valence-electron chi connectivity index (χ0n) is 19.9. The summed E-state index contributed by atoms with van der Waals surface area (Å²) in [7, 11) is 0. The number of hydrogen-bond acceptors (Lipinski definition) is 5. The molecule has 0 radical (unpaired) electrons. The number of benzene rings is 3. The first-order valence-corrected chi connectivity index (χ1v) is 12.3. The van der Waals surface area contributed by atoms with E-state index in [1.165, 1.54) is 24.3 Å². The molecule has 2 aliphatic heterocycles. The predicted molar refractivity (Wildman–Crippen MR) is 133 cm³/mol.